The van der Waals surface area contributed by atoms with Crippen molar-refractivity contribution in [1.29, 1.82) is 0 Å². The molecular weight excluding hydrogens is 761 g/mol. The van der Waals surface area contributed by atoms with Gasteiger partial charge in [-0.2, -0.15) is 0 Å². The van der Waals surface area contributed by atoms with Gasteiger partial charge in [0.15, 0.2) is 0 Å². The SMILES string of the molecule is C.C.CC(C)C(O)CC[C@@H](C)[C@H]1CC[C@H]2[C@@H]3CC[C@H]4C[C@@](C)(O)CC[C@]4(C)[C@H]3CC[C@]12C.CC(C)[C@H](O)CC[C@@H](C)[C@H]1CC[C@H]2[C@@H]3CC[C@H]4C[C@@](C)(O)CC[C@]4(C)[C@H]3CC[C@]12C. The number of aliphatic hydroxyl groups is 4. The highest BCUT2D eigenvalue weighted by Gasteiger charge is 2.63. The zero-order valence-electron chi connectivity index (χ0n) is 41.6. The van der Waals surface area contributed by atoms with Gasteiger partial charge < -0.3 is 20.4 Å². The molecule has 8 saturated carbocycles. The fourth-order valence-corrected chi connectivity index (χ4v) is 18.7. The van der Waals surface area contributed by atoms with Gasteiger partial charge in [0.05, 0.1) is 23.4 Å². The molecule has 8 fully saturated rings. The maximum absolute atomic E-state index is 10.7. The lowest BCUT2D eigenvalue weighted by atomic mass is 9.43. The average molecular weight is 869 g/mol. The maximum Gasteiger partial charge on any atom is 0.0622 e. The summed E-state index contributed by atoms with van der Waals surface area (Å²) in [5.41, 5.74) is 1.14. The molecule has 364 valence electrons. The minimum Gasteiger partial charge on any atom is -0.393 e. The summed E-state index contributed by atoms with van der Waals surface area (Å²) in [5, 5.41) is 42.1. The van der Waals surface area contributed by atoms with Crippen molar-refractivity contribution in [3.63, 3.8) is 0 Å². The molecule has 8 aliphatic rings. The third kappa shape index (κ3) is 9.74. The Kier molecular flexibility index (Phi) is 16.6. The first-order valence-electron chi connectivity index (χ1n) is 26.8. The van der Waals surface area contributed by atoms with E-state index in [0.717, 1.165) is 110 Å². The smallest absolute Gasteiger partial charge is 0.0622 e. The zero-order valence-corrected chi connectivity index (χ0v) is 41.6. The van der Waals surface area contributed by atoms with Crippen molar-refractivity contribution in [2.75, 3.05) is 0 Å². The number of hydrogen-bond acceptors (Lipinski definition) is 4. The molecule has 0 spiro atoms. The third-order valence-corrected chi connectivity index (χ3v) is 22.8. The largest absolute Gasteiger partial charge is 0.393 e. The van der Waals surface area contributed by atoms with Gasteiger partial charge in [0.1, 0.15) is 0 Å². The summed E-state index contributed by atoms with van der Waals surface area (Å²) >= 11 is 0. The molecule has 0 aliphatic heterocycles. The van der Waals surface area contributed by atoms with Crippen molar-refractivity contribution in [3.8, 4) is 0 Å². The highest BCUT2D eigenvalue weighted by atomic mass is 16.3. The van der Waals surface area contributed by atoms with Crippen LogP contribution in [0.5, 0.6) is 0 Å². The molecule has 4 N–H and O–H groups in total. The minimum absolute atomic E-state index is 0. The van der Waals surface area contributed by atoms with Crippen LogP contribution in [0.1, 0.15) is 239 Å². The van der Waals surface area contributed by atoms with Crippen LogP contribution < -0.4 is 0 Å². The number of fused-ring (bicyclic) bond motifs is 10. The average Bonchev–Trinajstić information content (AvgIpc) is 3.73. The van der Waals surface area contributed by atoms with Crippen molar-refractivity contribution in [3.05, 3.63) is 0 Å². The van der Waals surface area contributed by atoms with Crippen LogP contribution in [-0.4, -0.2) is 43.8 Å². The van der Waals surface area contributed by atoms with E-state index in [0.29, 0.717) is 33.5 Å². The van der Waals surface area contributed by atoms with Gasteiger partial charge in [-0.25, -0.2) is 0 Å². The van der Waals surface area contributed by atoms with Crippen molar-refractivity contribution in [1.82, 2.24) is 0 Å². The summed E-state index contributed by atoms with van der Waals surface area (Å²) in [6.45, 7) is 28.2. The van der Waals surface area contributed by atoms with Crippen molar-refractivity contribution >= 4 is 0 Å². The van der Waals surface area contributed by atoms with Crippen LogP contribution in [0.25, 0.3) is 0 Å². The summed E-state index contributed by atoms with van der Waals surface area (Å²) in [5.74, 6) is 10.9. The highest BCUT2D eigenvalue weighted by Crippen LogP contribution is 2.71. The monoisotopic (exact) mass is 869 g/mol. The van der Waals surface area contributed by atoms with Crippen LogP contribution >= 0.6 is 0 Å². The van der Waals surface area contributed by atoms with Crippen molar-refractivity contribution in [2.45, 2.75) is 263 Å². The Morgan fingerprint density at radius 2 is 0.742 bits per heavy atom. The molecule has 0 aromatic rings. The first-order valence-corrected chi connectivity index (χ1v) is 26.8. The van der Waals surface area contributed by atoms with Gasteiger partial charge in [0.25, 0.3) is 0 Å². The molecule has 8 rings (SSSR count). The summed E-state index contributed by atoms with van der Waals surface area (Å²) in [6, 6.07) is 0. The number of aliphatic hydroxyl groups excluding tert-OH is 2. The van der Waals surface area contributed by atoms with Gasteiger partial charge in [-0.3, -0.25) is 0 Å². The van der Waals surface area contributed by atoms with E-state index in [-0.39, 0.29) is 27.1 Å². The Hall–Kier alpha value is -0.160. The molecule has 0 heterocycles. The second kappa shape index (κ2) is 19.4. The van der Waals surface area contributed by atoms with E-state index in [9.17, 15) is 20.4 Å². The van der Waals surface area contributed by atoms with Gasteiger partial charge in [0.2, 0.25) is 0 Å². The lowest BCUT2D eigenvalue weighted by molar-refractivity contribution is -0.148. The Bertz CT molecular complexity index is 1330. The Balaban J connectivity index is 0.000000227. The van der Waals surface area contributed by atoms with Gasteiger partial charge in [-0.15, -0.1) is 0 Å². The summed E-state index contributed by atoms with van der Waals surface area (Å²) in [4.78, 5) is 0. The van der Waals surface area contributed by atoms with Crippen LogP contribution in [0.3, 0.4) is 0 Å². The molecule has 0 amide bonds. The van der Waals surface area contributed by atoms with E-state index in [1.165, 1.54) is 103 Å². The first-order chi connectivity index (χ1) is 28.0. The molecule has 20 atom stereocenters. The number of hydrogen-bond donors (Lipinski definition) is 4. The summed E-state index contributed by atoms with van der Waals surface area (Å²) < 4.78 is 0. The van der Waals surface area contributed by atoms with Gasteiger partial charge in [-0.05, 0) is 260 Å². The van der Waals surface area contributed by atoms with E-state index < -0.39 is 11.2 Å². The van der Waals surface area contributed by atoms with E-state index in [1.807, 2.05) is 0 Å². The normalized spacial score (nSPS) is 48.9. The van der Waals surface area contributed by atoms with Crippen molar-refractivity contribution < 1.29 is 20.4 Å². The summed E-state index contributed by atoms with van der Waals surface area (Å²) in [7, 11) is 0. The lowest BCUT2D eigenvalue weighted by Gasteiger charge is -2.62. The number of rotatable bonds is 10. The molecule has 0 radical (unpaired) electrons. The minimum atomic E-state index is -0.422. The Morgan fingerprint density at radius 1 is 0.403 bits per heavy atom. The Morgan fingerprint density at radius 3 is 1.08 bits per heavy atom. The Labute approximate surface area is 386 Å². The zero-order chi connectivity index (χ0) is 43.8. The predicted molar refractivity (Wildman–Crippen MR) is 264 cm³/mol. The maximum atomic E-state index is 10.7. The molecule has 8 aliphatic carbocycles. The van der Waals surface area contributed by atoms with Crippen LogP contribution in [0, 0.1) is 105 Å². The molecule has 0 aromatic heterocycles. The van der Waals surface area contributed by atoms with E-state index >= 15 is 0 Å². The molecule has 0 saturated heterocycles. The van der Waals surface area contributed by atoms with E-state index in [1.54, 1.807) is 0 Å². The predicted octanol–water partition coefficient (Wildman–Crippen LogP) is 14.9. The fraction of sp³-hybridized carbons (Fsp3) is 1.00. The second-order valence-corrected chi connectivity index (χ2v) is 26.9. The molecular formula is C58H108O4. The second-order valence-electron chi connectivity index (χ2n) is 26.9. The fourth-order valence-electron chi connectivity index (χ4n) is 18.7. The molecule has 4 nitrogen and oxygen atoms in total. The standard InChI is InChI=1S/2C28H50O2.2CH4/c2*1-18(2)25(29)12-7-19(3)22-10-11-23-21-9-8-20-17-26(4,30)15-16-27(20,5)24(21)13-14-28(22,23)6;;/h2*18-25,29-30H,7-17H2,1-6H3;2*1H4/t19-,20+,21+,22-,23+,24+,25?,26+,27+,28-;19-,20+,21+,22-,23+,24+,25-,26+,27+,28-;;/m11../s1. The van der Waals surface area contributed by atoms with E-state index in [4.69, 9.17) is 0 Å². The van der Waals surface area contributed by atoms with Crippen LogP contribution in [0.4, 0.5) is 0 Å². The lowest BCUT2D eigenvalue weighted by Crippen LogP contribution is -2.55. The molecule has 0 aromatic carbocycles. The van der Waals surface area contributed by atoms with E-state index in [2.05, 4.69) is 83.1 Å². The van der Waals surface area contributed by atoms with Crippen LogP contribution in [0.2, 0.25) is 0 Å². The third-order valence-electron chi connectivity index (χ3n) is 22.8. The molecule has 62 heavy (non-hydrogen) atoms. The quantitative estimate of drug-likeness (QED) is 0.176. The summed E-state index contributed by atoms with van der Waals surface area (Å²) in [6.07, 6.45) is 27.5. The topological polar surface area (TPSA) is 80.9 Å². The molecule has 1 unspecified atom stereocenters. The van der Waals surface area contributed by atoms with Crippen LogP contribution in [0.15, 0.2) is 0 Å². The highest BCUT2D eigenvalue weighted by molar-refractivity contribution is 5.12. The van der Waals surface area contributed by atoms with Gasteiger partial charge >= 0.3 is 0 Å². The molecule has 4 heteroatoms. The van der Waals surface area contributed by atoms with Crippen LogP contribution in [-0.2, 0) is 0 Å². The van der Waals surface area contributed by atoms with Crippen molar-refractivity contribution in [2.24, 2.45) is 105 Å². The first kappa shape index (κ1) is 52.8. The van der Waals surface area contributed by atoms with Gasteiger partial charge in [-0.1, -0.05) is 84.1 Å². The molecule has 0 bridgehead atoms. The van der Waals surface area contributed by atoms with Gasteiger partial charge in [0, 0.05) is 0 Å².